The molecule has 0 bridgehead atoms. The number of carbonyl (C=O) groups excluding carboxylic acids is 2. The van der Waals surface area contributed by atoms with E-state index in [0.717, 1.165) is 6.07 Å². The van der Waals surface area contributed by atoms with E-state index in [0.29, 0.717) is 5.56 Å². The topological polar surface area (TPSA) is 119 Å². The van der Waals surface area contributed by atoms with Crippen molar-refractivity contribution in [2.24, 2.45) is 0 Å². The average Bonchev–Trinajstić information content (AvgIpc) is 2.63. The van der Waals surface area contributed by atoms with Crippen LogP contribution in [0.2, 0.25) is 0 Å². The van der Waals surface area contributed by atoms with Crippen LogP contribution in [0.15, 0.2) is 48.5 Å². The van der Waals surface area contributed by atoms with Gasteiger partial charge in [0.25, 0.3) is 0 Å². The van der Waals surface area contributed by atoms with E-state index in [1.54, 1.807) is 30.3 Å². The summed E-state index contributed by atoms with van der Waals surface area (Å²) in [5, 5.41) is 12.0. The zero-order valence-electron chi connectivity index (χ0n) is 16.3. The molecule has 1 unspecified atom stereocenters. The highest BCUT2D eigenvalue weighted by molar-refractivity contribution is 7.87. The van der Waals surface area contributed by atoms with E-state index < -0.39 is 32.6 Å². The van der Waals surface area contributed by atoms with Gasteiger partial charge in [-0.05, 0) is 50.6 Å². The van der Waals surface area contributed by atoms with E-state index in [2.05, 4.69) is 9.50 Å². The summed E-state index contributed by atoms with van der Waals surface area (Å²) in [5.74, 6) is -1.22. The van der Waals surface area contributed by atoms with Crippen molar-refractivity contribution in [3.63, 3.8) is 0 Å². The van der Waals surface area contributed by atoms with E-state index >= 15 is 0 Å². The predicted octanol–water partition coefficient (Wildman–Crippen LogP) is 2.54. The lowest BCUT2D eigenvalue weighted by Gasteiger charge is -2.25. The Morgan fingerprint density at radius 2 is 1.83 bits per heavy atom. The second kappa shape index (κ2) is 9.06. The van der Waals surface area contributed by atoms with Crippen LogP contribution in [-0.4, -0.2) is 38.0 Å². The summed E-state index contributed by atoms with van der Waals surface area (Å²) in [5.41, 5.74) is 0.0631. The highest BCUT2D eigenvalue weighted by Gasteiger charge is 2.31. The molecule has 0 aliphatic rings. The highest BCUT2D eigenvalue weighted by atomic mass is 32.2. The quantitative estimate of drug-likeness (QED) is 0.289. The molecule has 0 aliphatic carbocycles. The Labute approximate surface area is 169 Å². The third-order valence-electron chi connectivity index (χ3n) is 3.91. The van der Waals surface area contributed by atoms with Crippen LogP contribution in [0.5, 0.6) is 11.5 Å². The Hall–Kier alpha value is -2.91. The van der Waals surface area contributed by atoms with Crippen molar-refractivity contribution in [3.05, 3.63) is 59.7 Å². The van der Waals surface area contributed by atoms with E-state index in [9.17, 15) is 23.1 Å². The molecule has 0 amide bonds. The monoisotopic (exact) mass is 421 g/mol. The molecule has 0 fully saturated rings. The molecule has 29 heavy (non-hydrogen) atoms. The van der Waals surface area contributed by atoms with Gasteiger partial charge in [-0.15, -0.1) is 0 Å². The van der Waals surface area contributed by atoms with Gasteiger partial charge >= 0.3 is 22.6 Å². The summed E-state index contributed by atoms with van der Waals surface area (Å²) in [4.78, 5) is 22.8. The molecule has 2 N–H and O–H groups in total. The van der Waals surface area contributed by atoms with Crippen LogP contribution in [0.1, 0.15) is 41.9 Å². The van der Waals surface area contributed by atoms with Crippen LogP contribution in [0, 0.1) is 0 Å². The van der Waals surface area contributed by atoms with Gasteiger partial charge < -0.3 is 19.3 Å². The molecule has 0 spiro atoms. The van der Waals surface area contributed by atoms with Crippen molar-refractivity contribution < 1.29 is 32.0 Å². The van der Waals surface area contributed by atoms with Crippen molar-refractivity contribution in [3.8, 4) is 11.5 Å². The van der Waals surface area contributed by atoms with E-state index in [1.165, 1.54) is 12.1 Å². The lowest BCUT2D eigenvalue weighted by molar-refractivity contribution is -0.120. The molecular weight excluding hydrogens is 398 g/mol. The van der Waals surface area contributed by atoms with Crippen molar-refractivity contribution in [2.75, 3.05) is 6.54 Å². The summed E-state index contributed by atoms with van der Waals surface area (Å²) >= 11 is 0. The molecule has 8 nitrogen and oxygen atoms in total. The second-order valence-corrected chi connectivity index (χ2v) is 9.03. The number of phenols is 1. The fraction of sp³-hybridized carbons (Fsp3) is 0.300. The second-order valence-electron chi connectivity index (χ2n) is 7.29. The minimum Gasteiger partial charge on any atom is -0.504 e. The Morgan fingerprint density at radius 3 is 2.38 bits per heavy atom. The van der Waals surface area contributed by atoms with E-state index in [1.807, 2.05) is 20.8 Å². The summed E-state index contributed by atoms with van der Waals surface area (Å²) in [6.45, 7) is 5.32. The van der Waals surface area contributed by atoms with Crippen molar-refractivity contribution >= 4 is 22.6 Å². The molecule has 0 saturated heterocycles. The molecule has 0 aromatic heterocycles. The smallest absolute Gasteiger partial charge is 0.343 e. The van der Waals surface area contributed by atoms with Crippen molar-refractivity contribution in [1.82, 2.24) is 5.32 Å². The number of phenolic OH excluding ortho intramolecular Hbond substituents is 1. The van der Waals surface area contributed by atoms with Crippen LogP contribution in [0.4, 0.5) is 0 Å². The van der Waals surface area contributed by atoms with Crippen LogP contribution >= 0.6 is 0 Å². The van der Waals surface area contributed by atoms with Gasteiger partial charge in [0.2, 0.25) is 0 Å². The van der Waals surface area contributed by atoms with Gasteiger partial charge in [0.15, 0.2) is 11.5 Å². The maximum Gasteiger partial charge on any atom is 0.343 e. The molecule has 9 heteroatoms. The molecule has 2 aromatic rings. The largest absolute Gasteiger partial charge is 0.504 e. The number of benzene rings is 2. The highest BCUT2D eigenvalue weighted by Crippen LogP contribution is 2.33. The fourth-order valence-corrected chi connectivity index (χ4v) is 3.47. The molecule has 0 aliphatic heterocycles. The van der Waals surface area contributed by atoms with Gasteiger partial charge in [0.05, 0.1) is 5.56 Å². The first kappa shape index (κ1) is 22.4. The van der Waals surface area contributed by atoms with Gasteiger partial charge in [-0.1, -0.05) is 24.3 Å². The van der Waals surface area contributed by atoms with Crippen LogP contribution in [0.3, 0.4) is 0 Å². The number of ether oxygens (including phenoxy) is 1. The Bertz CT molecular complexity index is 966. The molecule has 0 saturated carbocycles. The van der Waals surface area contributed by atoms with Crippen molar-refractivity contribution in [2.45, 2.75) is 31.6 Å². The fourth-order valence-electron chi connectivity index (χ4n) is 2.46. The third kappa shape index (κ3) is 6.30. The summed E-state index contributed by atoms with van der Waals surface area (Å²) < 4.78 is 34.2. The van der Waals surface area contributed by atoms with E-state index in [4.69, 9.17) is 4.74 Å². The maximum absolute atomic E-state index is 12.3. The van der Waals surface area contributed by atoms with Gasteiger partial charge in [-0.25, -0.2) is 4.79 Å². The Morgan fingerprint density at radius 1 is 1.17 bits per heavy atom. The minimum absolute atomic E-state index is 0.0672. The number of rotatable bonds is 8. The van der Waals surface area contributed by atoms with Gasteiger partial charge in [0, 0.05) is 12.1 Å². The molecule has 1 atom stereocenters. The van der Waals surface area contributed by atoms with Gasteiger partial charge in [-0.2, -0.15) is 8.42 Å². The average molecular weight is 421 g/mol. The first-order valence-electron chi connectivity index (χ1n) is 8.74. The summed E-state index contributed by atoms with van der Waals surface area (Å²) in [7, 11) is -4.29. The Kier molecular flexibility index (Phi) is 6.99. The molecule has 2 rings (SSSR count). The van der Waals surface area contributed by atoms with Crippen molar-refractivity contribution in [1.29, 1.82) is 0 Å². The van der Waals surface area contributed by atoms with Crippen LogP contribution in [-0.2, 0) is 19.1 Å². The lowest BCUT2D eigenvalue weighted by atomic mass is 10.1. The summed E-state index contributed by atoms with van der Waals surface area (Å²) in [6.07, 6.45) is 0. The maximum atomic E-state index is 12.3. The molecule has 0 heterocycles. The van der Waals surface area contributed by atoms with Crippen LogP contribution < -0.4 is 10.1 Å². The predicted molar refractivity (Wildman–Crippen MR) is 106 cm³/mol. The van der Waals surface area contributed by atoms with E-state index in [-0.39, 0.29) is 24.3 Å². The third-order valence-corrected chi connectivity index (χ3v) is 5.39. The zero-order chi connectivity index (χ0) is 21.7. The molecular formula is C20H23NO7S. The number of aromatic hydroxyl groups is 1. The number of hydrogen-bond donors (Lipinski definition) is 2. The van der Waals surface area contributed by atoms with Gasteiger partial charge in [0.1, 0.15) is 5.25 Å². The normalized spacial score (nSPS) is 12.8. The number of carbonyl (C=O) groups is 2. The number of hydrogen-bond acceptors (Lipinski definition) is 8. The SMILES string of the molecule is CC(C)(C)NCC(c1ccc(OC(=O)c2ccccc2)c(O)c1)S(=O)(=O)OC=O. The lowest BCUT2D eigenvalue weighted by Crippen LogP contribution is -2.40. The van der Waals surface area contributed by atoms with Gasteiger partial charge in [-0.3, -0.25) is 4.79 Å². The number of esters is 1. The first-order valence-corrected chi connectivity index (χ1v) is 10.2. The standard InChI is InChI=1S/C20H23NO7S/c1-20(2,3)21-12-18(29(25,26)27-13-22)15-9-10-17(16(23)11-15)28-19(24)14-7-5-4-6-8-14/h4-11,13,18,21,23H,12H2,1-3H3. The number of nitrogens with one attached hydrogen (secondary N) is 1. The Balaban J connectivity index is 2.29. The molecule has 2 aromatic carbocycles. The van der Waals surface area contributed by atoms with Crippen LogP contribution in [0.25, 0.3) is 0 Å². The molecule has 156 valence electrons. The first-order chi connectivity index (χ1) is 13.5. The molecule has 0 radical (unpaired) electrons. The zero-order valence-corrected chi connectivity index (χ0v) is 17.1. The minimum atomic E-state index is -4.29. The summed E-state index contributed by atoms with van der Waals surface area (Å²) in [6, 6.07) is 12.0.